The van der Waals surface area contributed by atoms with E-state index >= 15 is 0 Å². The summed E-state index contributed by atoms with van der Waals surface area (Å²) in [7, 11) is 4.53. The summed E-state index contributed by atoms with van der Waals surface area (Å²) >= 11 is 0. The van der Waals surface area contributed by atoms with Crippen LogP contribution >= 0.6 is 0 Å². The lowest BCUT2D eigenvalue weighted by Gasteiger charge is -2.01. The number of nitrogens with zero attached hydrogens (tertiary/aromatic N) is 1. The van der Waals surface area contributed by atoms with E-state index in [-0.39, 0.29) is 0 Å². The maximum absolute atomic E-state index is 2.39. The molecule has 2 atom stereocenters. The van der Waals surface area contributed by atoms with Gasteiger partial charge in [-0.1, -0.05) is 30.9 Å². The average Bonchev–Trinajstić information content (AvgIpc) is 2.94. The summed E-state index contributed by atoms with van der Waals surface area (Å²) in [6, 6.07) is 10.9. The topological polar surface area (TPSA) is 3.88 Å². The van der Waals surface area contributed by atoms with Gasteiger partial charge >= 0.3 is 0 Å². The first-order valence-corrected chi connectivity index (χ1v) is 5.49. The Morgan fingerprint density at radius 3 is 2.53 bits per heavy atom. The van der Waals surface area contributed by atoms with Crippen LogP contribution in [-0.4, -0.2) is 7.28 Å². The van der Waals surface area contributed by atoms with Gasteiger partial charge in [-0.05, 0) is 11.5 Å². The predicted molar refractivity (Wildman–Crippen MR) is 63.0 cm³/mol. The minimum atomic E-state index is 0.666. The van der Waals surface area contributed by atoms with Crippen molar-refractivity contribution >= 4 is 18.1 Å². The molecule has 1 aromatic heterocycles. The minimum absolute atomic E-state index is 0.666. The lowest BCUT2D eigenvalue weighted by molar-refractivity contribution is -0.677. The van der Waals surface area contributed by atoms with E-state index in [1.54, 1.807) is 0 Å². The first kappa shape index (κ1) is 8.96. The standard InChI is InChI=1S/C13H14BN/c1-9-13(14-9)12-7-10-5-3-4-6-11(10)8-15(12)2/h3-9,13H,1-2H3/q+1. The molecular formula is C13H14BN+. The van der Waals surface area contributed by atoms with Crippen molar-refractivity contribution in [2.75, 3.05) is 0 Å². The van der Waals surface area contributed by atoms with Crippen LogP contribution in [0.4, 0.5) is 0 Å². The Labute approximate surface area is 91.0 Å². The Morgan fingerprint density at radius 1 is 1.20 bits per heavy atom. The molecule has 3 rings (SSSR count). The van der Waals surface area contributed by atoms with Crippen LogP contribution in [0.2, 0.25) is 5.82 Å². The summed E-state index contributed by atoms with van der Waals surface area (Å²) in [5.41, 5.74) is 1.43. The van der Waals surface area contributed by atoms with Crippen molar-refractivity contribution in [2.45, 2.75) is 18.6 Å². The van der Waals surface area contributed by atoms with Crippen LogP contribution in [0.15, 0.2) is 36.5 Å². The number of pyridine rings is 1. The van der Waals surface area contributed by atoms with Crippen molar-refractivity contribution < 1.29 is 4.57 Å². The summed E-state index contributed by atoms with van der Waals surface area (Å²) in [4.78, 5) is 0. The third-order valence-electron chi connectivity index (χ3n) is 3.32. The number of hydrogen-bond acceptors (Lipinski definition) is 0. The summed E-state index contributed by atoms with van der Waals surface area (Å²) in [5, 5.41) is 2.66. The van der Waals surface area contributed by atoms with Crippen molar-refractivity contribution in [1.82, 2.24) is 0 Å². The van der Waals surface area contributed by atoms with Crippen LogP contribution in [0.1, 0.15) is 18.4 Å². The molecule has 1 fully saturated rings. The molecule has 1 aliphatic rings. The zero-order chi connectivity index (χ0) is 10.4. The normalized spacial score (nSPS) is 23.9. The Kier molecular flexibility index (Phi) is 1.85. The molecule has 0 aliphatic carbocycles. The number of hydrogen-bond donors (Lipinski definition) is 0. The van der Waals surface area contributed by atoms with E-state index in [0.717, 1.165) is 5.82 Å². The van der Waals surface area contributed by atoms with Gasteiger partial charge in [0.2, 0.25) is 0 Å². The van der Waals surface area contributed by atoms with Crippen molar-refractivity contribution in [3.63, 3.8) is 0 Å². The molecule has 1 saturated heterocycles. The van der Waals surface area contributed by atoms with Crippen LogP contribution in [0.25, 0.3) is 10.8 Å². The zero-order valence-electron chi connectivity index (χ0n) is 9.14. The second-order valence-electron chi connectivity index (χ2n) is 4.52. The summed E-state index contributed by atoms with van der Waals surface area (Å²) < 4.78 is 2.26. The van der Waals surface area contributed by atoms with Gasteiger partial charge in [0.1, 0.15) is 14.3 Å². The summed E-state index contributed by atoms with van der Waals surface area (Å²) in [6.45, 7) is 2.28. The Hall–Kier alpha value is -1.31. The number of benzene rings is 1. The van der Waals surface area contributed by atoms with E-state index in [1.807, 2.05) is 0 Å². The van der Waals surface area contributed by atoms with Gasteiger partial charge in [0, 0.05) is 17.3 Å². The van der Waals surface area contributed by atoms with E-state index in [1.165, 1.54) is 16.5 Å². The monoisotopic (exact) mass is 195 g/mol. The molecule has 2 aromatic rings. The third kappa shape index (κ3) is 1.45. The van der Waals surface area contributed by atoms with Gasteiger partial charge < -0.3 is 0 Å². The highest BCUT2D eigenvalue weighted by Crippen LogP contribution is 2.42. The lowest BCUT2D eigenvalue weighted by Crippen LogP contribution is -2.32. The lowest BCUT2D eigenvalue weighted by atomic mass is 9.97. The molecule has 0 spiro atoms. The van der Waals surface area contributed by atoms with Crippen LogP contribution in [0.5, 0.6) is 0 Å². The number of rotatable bonds is 1. The van der Waals surface area contributed by atoms with E-state index in [9.17, 15) is 0 Å². The van der Waals surface area contributed by atoms with Crippen LogP contribution in [0.3, 0.4) is 0 Å². The van der Waals surface area contributed by atoms with E-state index in [2.05, 4.69) is 62.3 Å². The van der Waals surface area contributed by atoms with Gasteiger partial charge in [-0.25, -0.2) is 4.57 Å². The van der Waals surface area contributed by atoms with Crippen molar-refractivity contribution in [3.8, 4) is 0 Å². The number of aryl methyl sites for hydroxylation is 1. The van der Waals surface area contributed by atoms with Crippen molar-refractivity contribution in [2.24, 2.45) is 7.05 Å². The maximum atomic E-state index is 2.39. The van der Waals surface area contributed by atoms with Crippen LogP contribution in [-0.2, 0) is 7.05 Å². The van der Waals surface area contributed by atoms with Crippen molar-refractivity contribution in [1.29, 1.82) is 0 Å². The molecule has 1 radical (unpaired) electrons. The summed E-state index contributed by atoms with van der Waals surface area (Å²) in [5.74, 6) is 1.41. The molecule has 0 N–H and O–H groups in total. The van der Waals surface area contributed by atoms with Crippen LogP contribution in [0, 0.1) is 0 Å². The second-order valence-corrected chi connectivity index (χ2v) is 4.52. The van der Waals surface area contributed by atoms with Gasteiger partial charge in [-0.15, -0.1) is 0 Å². The van der Waals surface area contributed by atoms with Gasteiger partial charge in [0.25, 0.3) is 0 Å². The maximum Gasteiger partial charge on any atom is 0.176 e. The highest BCUT2D eigenvalue weighted by atomic mass is 14.9. The Bertz CT molecular complexity index is 521. The highest BCUT2D eigenvalue weighted by molar-refractivity contribution is 6.53. The minimum Gasteiger partial charge on any atom is -0.205 e. The quantitative estimate of drug-likeness (QED) is 0.485. The average molecular weight is 195 g/mol. The third-order valence-corrected chi connectivity index (χ3v) is 3.32. The van der Waals surface area contributed by atoms with Gasteiger partial charge in [-0.2, -0.15) is 0 Å². The SMILES string of the molecule is CC1[B]C1c1cc2ccccc2c[n+]1C. The molecule has 15 heavy (non-hydrogen) atoms. The number of aromatic nitrogens is 1. The van der Waals surface area contributed by atoms with E-state index < -0.39 is 0 Å². The fourth-order valence-corrected chi connectivity index (χ4v) is 2.27. The predicted octanol–water partition coefficient (Wildman–Crippen LogP) is 2.23. The van der Waals surface area contributed by atoms with Gasteiger partial charge in [-0.3, -0.25) is 0 Å². The molecule has 2 heteroatoms. The zero-order valence-corrected chi connectivity index (χ0v) is 9.14. The molecule has 0 amide bonds. The fourth-order valence-electron chi connectivity index (χ4n) is 2.27. The molecule has 1 nitrogen and oxygen atoms in total. The van der Waals surface area contributed by atoms with Gasteiger partial charge in [0.05, 0.1) is 0 Å². The molecule has 0 saturated carbocycles. The summed E-state index contributed by atoms with van der Waals surface area (Å²) in [6.07, 6.45) is 2.23. The second kappa shape index (κ2) is 3.09. The van der Waals surface area contributed by atoms with E-state index in [4.69, 9.17) is 0 Å². The highest BCUT2D eigenvalue weighted by Gasteiger charge is 2.41. The Balaban J connectivity index is 2.19. The first-order valence-electron chi connectivity index (χ1n) is 5.49. The molecule has 2 heterocycles. The van der Waals surface area contributed by atoms with Gasteiger partial charge in [0.15, 0.2) is 11.9 Å². The van der Waals surface area contributed by atoms with Crippen LogP contribution < -0.4 is 4.57 Å². The largest absolute Gasteiger partial charge is 0.205 e. The molecular weight excluding hydrogens is 181 g/mol. The smallest absolute Gasteiger partial charge is 0.176 e. The number of fused-ring (bicyclic) bond motifs is 1. The first-order chi connectivity index (χ1) is 7.25. The fraction of sp³-hybridized carbons (Fsp3) is 0.308. The Morgan fingerprint density at radius 2 is 1.87 bits per heavy atom. The molecule has 0 bridgehead atoms. The van der Waals surface area contributed by atoms with Crippen molar-refractivity contribution in [3.05, 3.63) is 42.2 Å². The molecule has 1 aliphatic heterocycles. The molecule has 1 aromatic carbocycles. The van der Waals surface area contributed by atoms with E-state index in [0.29, 0.717) is 5.82 Å². The molecule has 2 unspecified atom stereocenters. The molecule has 73 valence electrons.